The van der Waals surface area contributed by atoms with E-state index in [1.54, 1.807) is 17.0 Å². The van der Waals surface area contributed by atoms with Crippen molar-refractivity contribution in [2.45, 2.75) is 31.8 Å². The van der Waals surface area contributed by atoms with E-state index in [1.807, 2.05) is 29.6 Å². The van der Waals surface area contributed by atoms with Gasteiger partial charge in [-0.2, -0.15) is 0 Å². The van der Waals surface area contributed by atoms with E-state index in [-0.39, 0.29) is 11.8 Å². The summed E-state index contributed by atoms with van der Waals surface area (Å²) in [6.07, 6.45) is 2.59. The van der Waals surface area contributed by atoms with Crippen LogP contribution >= 0.6 is 22.9 Å². The fourth-order valence-corrected chi connectivity index (χ4v) is 3.81. The summed E-state index contributed by atoms with van der Waals surface area (Å²) in [5.41, 5.74) is 0.874. The minimum atomic E-state index is -0.407. The molecule has 1 aliphatic heterocycles. The van der Waals surface area contributed by atoms with Gasteiger partial charge in [0.2, 0.25) is 5.91 Å². The SMILES string of the molecule is O=C(NCc1ccccc1Cl)C1CCCCN1C(=O)c1cccs1. The van der Waals surface area contributed by atoms with Gasteiger partial charge in [-0.3, -0.25) is 9.59 Å². The zero-order valence-electron chi connectivity index (χ0n) is 13.2. The number of likely N-dealkylation sites (tertiary alicyclic amines) is 1. The first-order valence-corrected chi connectivity index (χ1v) is 9.28. The molecule has 1 atom stereocenters. The topological polar surface area (TPSA) is 49.4 Å². The molecule has 24 heavy (non-hydrogen) atoms. The summed E-state index contributed by atoms with van der Waals surface area (Å²) in [6.45, 7) is 0.997. The summed E-state index contributed by atoms with van der Waals surface area (Å²) in [6, 6.07) is 10.7. The lowest BCUT2D eigenvalue weighted by molar-refractivity contribution is -0.126. The number of amides is 2. The van der Waals surface area contributed by atoms with Crippen molar-refractivity contribution in [1.29, 1.82) is 0 Å². The van der Waals surface area contributed by atoms with Gasteiger partial charge in [0.05, 0.1) is 4.88 Å². The van der Waals surface area contributed by atoms with E-state index in [4.69, 9.17) is 11.6 Å². The van der Waals surface area contributed by atoms with E-state index in [0.717, 1.165) is 18.4 Å². The van der Waals surface area contributed by atoms with Crippen LogP contribution in [0, 0.1) is 0 Å². The average molecular weight is 363 g/mol. The Morgan fingerprint density at radius 1 is 1.21 bits per heavy atom. The number of rotatable bonds is 4. The number of halogens is 1. The van der Waals surface area contributed by atoms with Crippen molar-refractivity contribution in [1.82, 2.24) is 10.2 Å². The Kier molecular flexibility index (Phi) is 5.53. The second-order valence-corrected chi connectivity index (χ2v) is 7.15. The molecule has 126 valence electrons. The molecule has 3 rings (SSSR count). The van der Waals surface area contributed by atoms with Crippen molar-refractivity contribution in [2.24, 2.45) is 0 Å². The summed E-state index contributed by atoms with van der Waals surface area (Å²) >= 11 is 7.54. The molecule has 0 bridgehead atoms. The highest BCUT2D eigenvalue weighted by Gasteiger charge is 2.32. The van der Waals surface area contributed by atoms with Crippen LogP contribution in [0.1, 0.15) is 34.5 Å². The van der Waals surface area contributed by atoms with Gasteiger partial charge in [-0.05, 0) is 42.3 Å². The predicted octanol–water partition coefficient (Wildman–Crippen LogP) is 3.71. The minimum Gasteiger partial charge on any atom is -0.350 e. The molecule has 0 radical (unpaired) electrons. The van der Waals surface area contributed by atoms with Crippen molar-refractivity contribution >= 4 is 34.8 Å². The number of nitrogens with zero attached hydrogens (tertiary/aromatic N) is 1. The second-order valence-electron chi connectivity index (χ2n) is 5.80. The molecule has 2 amide bonds. The smallest absolute Gasteiger partial charge is 0.264 e. The number of hydrogen-bond acceptors (Lipinski definition) is 3. The molecule has 0 aliphatic carbocycles. The van der Waals surface area contributed by atoms with E-state index < -0.39 is 6.04 Å². The van der Waals surface area contributed by atoms with Crippen molar-refractivity contribution in [3.63, 3.8) is 0 Å². The summed E-state index contributed by atoms with van der Waals surface area (Å²) in [5, 5.41) is 5.44. The lowest BCUT2D eigenvalue weighted by Crippen LogP contribution is -2.51. The molecular weight excluding hydrogens is 344 g/mol. The van der Waals surface area contributed by atoms with Gasteiger partial charge in [0, 0.05) is 18.1 Å². The quantitative estimate of drug-likeness (QED) is 0.901. The van der Waals surface area contributed by atoms with Gasteiger partial charge >= 0.3 is 0 Å². The maximum Gasteiger partial charge on any atom is 0.264 e. The number of carbonyl (C=O) groups is 2. The number of thiophene rings is 1. The van der Waals surface area contributed by atoms with Crippen LogP contribution in [0.25, 0.3) is 0 Å². The molecule has 1 saturated heterocycles. The Labute approximate surface area is 150 Å². The molecule has 1 aromatic heterocycles. The fraction of sp³-hybridized carbons (Fsp3) is 0.333. The van der Waals surface area contributed by atoms with Crippen LogP contribution in [-0.2, 0) is 11.3 Å². The molecule has 1 aliphatic rings. The van der Waals surface area contributed by atoms with Gasteiger partial charge in [0.1, 0.15) is 6.04 Å². The first-order valence-electron chi connectivity index (χ1n) is 8.02. The number of piperidine rings is 1. The summed E-state index contributed by atoms with van der Waals surface area (Å²) in [5.74, 6) is -0.165. The number of carbonyl (C=O) groups excluding carboxylic acids is 2. The Hall–Kier alpha value is -1.85. The molecule has 0 saturated carbocycles. The Morgan fingerprint density at radius 2 is 2.04 bits per heavy atom. The van der Waals surface area contributed by atoms with E-state index in [1.165, 1.54) is 11.3 Å². The maximum absolute atomic E-state index is 12.6. The van der Waals surface area contributed by atoms with Gasteiger partial charge in [-0.25, -0.2) is 0 Å². The zero-order valence-corrected chi connectivity index (χ0v) is 14.8. The van der Waals surface area contributed by atoms with Gasteiger partial charge in [-0.15, -0.1) is 11.3 Å². The molecular formula is C18H19ClN2O2S. The van der Waals surface area contributed by atoms with Crippen LogP contribution in [0.4, 0.5) is 0 Å². The molecule has 1 aromatic carbocycles. The third kappa shape index (κ3) is 3.79. The van der Waals surface area contributed by atoms with Crippen LogP contribution < -0.4 is 5.32 Å². The summed E-state index contributed by atoms with van der Waals surface area (Å²) in [7, 11) is 0. The van der Waals surface area contributed by atoms with Crippen LogP contribution in [0.5, 0.6) is 0 Å². The lowest BCUT2D eigenvalue weighted by atomic mass is 10.0. The van der Waals surface area contributed by atoms with E-state index in [9.17, 15) is 9.59 Å². The van der Waals surface area contributed by atoms with Crippen molar-refractivity contribution in [2.75, 3.05) is 6.54 Å². The summed E-state index contributed by atoms with van der Waals surface area (Å²) < 4.78 is 0. The maximum atomic E-state index is 12.6. The Morgan fingerprint density at radius 3 is 2.79 bits per heavy atom. The van der Waals surface area contributed by atoms with Gasteiger partial charge in [-0.1, -0.05) is 35.9 Å². The van der Waals surface area contributed by atoms with E-state index >= 15 is 0 Å². The molecule has 2 aromatic rings. The van der Waals surface area contributed by atoms with Crippen LogP contribution in [0.2, 0.25) is 5.02 Å². The third-order valence-electron chi connectivity index (χ3n) is 4.21. The van der Waals surface area contributed by atoms with Crippen molar-refractivity contribution in [3.05, 3.63) is 57.2 Å². The van der Waals surface area contributed by atoms with E-state index in [2.05, 4.69) is 5.32 Å². The second kappa shape index (κ2) is 7.81. The molecule has 1 unspecified atom stereocenters. The van der Waals surface area contributed by atoms with Crippen molar-refractivity contribution in [3.8, 4) is 0 Å². The first-order chi connectivity index (χ1) is 11.7. The van der Waals surface area contributed by atoms with Gasteiger partial charge in [0.15, 0.2) is 0 Å². The molecule has 4 nitrogen and oxygen atoms in total. The fourth-order valence-electron chi connectivity index (χ4n) is 2.93. The summed E-state index contributed by atoms with van der Waals surface area (Å²) in [4.78, 5) is 27.6. The normalized spacial score (nSPS) is 17.5. The van der Waals surface area contributed by atoms with E-state index in [0.29, 0.717) is 29.4 Å². The molecule has 1 N–H and O–H groups in total. The highest BCUT2D eigenvalue weighted by molar-refractivity contribution is 7.12. The average Bonchev–Trinajstić information content (AvgIpc) is 3.15. The van der Waals surface area contributed by atoms with Gasteiger partial charge < -0.3 is 10.2 Å². The first kappa shape index (κ1) is 17.0. The standard InChI is InChI=1S/C18H19ClN2O2S/c19-14-7-2-1-6-13(14)12-20-17(22)15-8-3-4-10-21(15)18(23)16-9-5-11-24-16/h1-2,5-7,9,11,15H,3-4,8,10,12H2,(H,20,22). The third-order valence-corrected chi connectivity index (χ3v) is 5.44. The Bertz CT molecular complexity index is 718. The zero-order chi connectivity index (χ0) is 16.9. The van der Waals surface area contributed by atoms with Crippen LogP contribution in [0.15, 0.2) is 41.8 Å². The molecule has 0 spiro atoms. The monoisotopic (exact) mass is 362 g/mol. The molecule has 6 heteroatoms. The minimum absolute atomic E-state index is 0.0532. The lowest BCUT2D eigenvalue weighted by Gasteiger charge is -2.34. The van der Waals surface area contributed by atoms with Crippen LogP contribution in [0.3, 0.4) is 0 Å². The predicted molar refractivity (Wildman–Crippen MR) is 96.3 cm³/mol. The van der Waals surface area contributed by atoms with Crippen molar-refractivity contribution < 1.29 is 9.59 Å². The number of benzene rings is 1. The largest absolute Gasteiger partial charge is 0.350 e. The highest BCUT2D eigenvalue weighted by atomic mass is 35.5. The number of nitrogens with one attached hydrogen (secondary N) is 1. The highest BCUT2D eigenvalue weighted by Crippen LogP contribution is 2.22. The van der Waals surface area contributed by atoms with Gasteiger partial charge in [0.25, 0.3) is 5.91 Å². The molecule has 2 heterocycles. The number of hydrogen-bond donors (Lipinski definition) is 1. The molecule has 1 fully saturated rings. The van der Waals surface area contributed by atoms with Crippen LogP contribution in [-0.4, -0.2) is 29.3 Å². The Balaban J connectivity index is 1.67.